The van der Waals surface area contributed by atoms with Crippen LogP contribution in [-0.4, -0.2) is 48.2 Å². The minimum atomic E-state index is 0.0231. The van der Waals surface area contributed by atoms with Gasteiger partial charge >= 0.3 is 0 Å². The Balaban J connectivity index is 1.89. The number of carbonyl (C=O) groups excluding carboxylic acids is 1. The van der Waals surface area contributed by atoms with E-state index in [4.69, 9.17) is 0 Å². The summed E-state index contributed by atoms with van der Waals surface area (Å²) in [6.07, 6.45) is 6.63. The molecule has 0 radical (unpaired) electrons. The van der Waals surface area contributed by atoms with Gasteiger partial charge in [-0.3, -0.25) is 4.79 Å². The van der Waals surface area contributed by atoms with Crippen molar-refractivity contribution in [1.29, 1.82) is 0 Å². The summed E-state index contributed by atoms with van der Waals surface area (Å²) in [5.41, 5.74) is 0. The monoisotopic (exact) mass is 240 g/mol. The lowest BCUT2D eigenvalue weighted by Gasteiger charge is -2.34. The van der Waals surface area contributed by atoms with Gasteiger partial charge in [0, 0.05) is 19.7 Å². The summed E-state index contributed by atoms with van der Waals surface area (Å²) < 4.78 is 0. The molecule has 2 saturated heterocycles. The molecule has 0 aromatic heterocycles. The largest absolute Gasteiger partial charge is 0.396 e. The molecule has 2 fully saturated rings. The van der Waals surface area contributed by atoms with Crippen LogP contribution in [-0.2, 0) is 4.79 Å². The van der Waals surface area contributed by atoms with Crippen LogP contribution in [0.5, 0.6) is 0 Å². The highest BCUT2D eigenvalue weighted by atomic mass is 16.3. The Hall–Kier alpha value is -0.610. The van der Waals surface area contributed by atoms with E-state index in [9.17, 15) is 9.90 Å². The lowest BCUT2D eigenvalue weighted by Crippen LogP contribution is -2.50. The highest BCUT2D eigenvalue weighted by Gasteiger charge is 2.28. The summed E-state index contributed by atoms with van der Waals surface area (Å²) in [7, 11) is 0. The van der Waals surface area contributed by atoms with Crippen molar-refractivity contribution in [3.05, 3.63) is 0 Å². The normalized spacial score (nSPS) is 31.0. The molecule has 1 amide bonds. The molecule has 0 saturated carbocycles. The molecule has 4 heteroatoms. The molecule has 2 aliphatic heterocycles. The number of hydrogen-bond acceptors (Lipinski definition) is 3. The average molecular weight is 240 g/mol. The van der Waals surface area contributed by atoms with E-state index in [0.29, 0.717) is 5.92 Å². The molecule has 0 bridgehead atoms. The Bertz CT molecular complexity index is 250. The van der Waals surface area contributed by atoms with Crippen molar-refractivity contribution < 1.29 is 9.90 Å². The Morgan fingerprint density at radius 2 is 2.12 bits per heavy atom. The van der Waals surface area contributed by atoms with Gasteiger partial charge in [-0.15, -0.1) is 0 Å². The molecular formula is C13H24N2O2. The maximum Gasteiger partial charge on any atom is 0.239 e. The quantitative estimate of drug-likeness (QED) is 0.749. The van der Waals surface area contributed by atoms with Crippen molar-refractivity contribution in [3.63, 3.8) is 0 Å². The second kappa shape index (κ2) is 6.36. The SMILES string of the molecule is O=C(C1CCCCCN1)N1CCCC(CO)C1. The van der Waals surface area contributed by atoms with Gasteiger partial charge in [-0.25, -0.2) is 0 Å². The van der Waals surface area contributed by atoms with E-state index in [1.54, 1.807) is 0 Å². The van der Waals surface area contributed by atoms with Gasteiger partial charge in [0.1, 0.15) is 0 Å². The molecule has 2 rings (SSSR count). The highest BCUT2D eigenvalue weighted by Crippen LogP contribution is 2.18. The molecule has 0 spiro atoms. The van der Waals surface area contributed by atoms with E-state index >= 15 is 0 Å². The molecule has 2 unspecified atom stereocenters. The molecular weight excluding hydrogens is 216 g/mol. The average Bonchev–Trinajstić information content (AvgIpc) is 2.67. The lowest BCUT2D eigenvalue weighted by atomic mass is 9.98. The van der Waals surface area contributed by atoms with Crippen LogP contribution in [0.4, 0.5) is 0 Å². The van der Waals surface area contributed by atoms with E-state index in [1.807, 2.05) is 4.90 Å². The second-order valence-electron chi connectivity index (χ2n) is 5.33. The molecule has 0 aliphatic carbocycles. The summed E-state index contributed by atoms with van der Waals surface area (Å²) in [6, 6.07) is 0.0231. The van der Waals surface area contributed by atoms with Crippen LogP contribution in [0.25, 0.3) is 0 Å². The molecule has 0 aromatic carbocycles. The third kappa shape index (κ3) is 3.42. The first kappa shape index (κ1) is 12.8. The number of likely N-dealkylation sites (tertiary alicyclic amines) is 1. The zero-order valence-electron chi connectivity index (χ0n) is 10.5. The van der Waals surface area contributed by atoms with Gasteiger partial charge in [-0.2, -0.15) is 0 Å². The van der Waals surface area contributed by atoms with Crippen molar-refractivity contribution in [2.24, 2.45) is 5.92 Å². The smallest absolute Gasteiger partial charge is 0.239 e. The van der Waals surface area contributed by atoms with Gasteiger partial charge in [0.05, 0.1) is 6.04 Å². The van der Waals surface area contributed by atoms with Gasteiger partial charge in [0.15, 0.2) is 0 Å². The van der Waals surface area contributed by atoms with Gasteiger partial charge in [-0.05, 0) is 38.1 Å². The summed E-state index contributed by atoms with van der Waals surface area (Å²) in [5, 5.41) is 12.6. The molecule has 2 aliphatic rings. The van der Waals surface area contributed by atoms with Crippen molar-refractivity contribution in [3.8, 4) is 0 Å². The van der Waals surface area contributed by atoms with E-state index in [2.05, 4.69) is 5.32 Å². The molecule has 2 heterocycles. The van der Waals surface area contributed by atoms with Crippen LogP contribution in [0.2, 0.25) is 0 Å². The lowest BCUT2D eigenvalue weighted by molar-refractivity contribution is -0.135. The zero-order chi connectivity index (χ0) is 12.1. The van der Waals surface area contributed by atoms with Crippen LogP contribution in [0.3, 0.4) is 0 Å². The summed E-state index contributed by atoms with van der Waals surface area (Å²) >= 11 is 0. The number of nitrogens with one attached hydrogen (secondary N) is 1. The molecule has 0 aromatic rings. The molecule has 17 heavy (non-hydrogen) atoms. The molecule has 98 valence electrons. The van der Waals surface area contributed by atoms with Gasteiger partial charge in [0.25, 0.3) is 0 Å². The number of rotatable bonds is 2. The Morgan fingerprint density at radius 3 is 2.94 bits per heavy atom. The van der Waals surface area contributed by atoms with E-state index in [-0.39, 0.29) is 18.6 Å². The minimum Gasteiger partial charge on any atom is -0.396 e. The van der Waals surface area contributed by atoms with Crippen LogP contribution in [0.15, 0.2) is 0 Å². The van der Waals surface area contributed by atoms with Gasteiger partial charge in [-0.1, -0.05) is 12.8 Å². The Labute approximate surface area is 103 Å². The molecule has 4 nitrogen and oxygen atoms in total. The van der Waals surface area contributed by atoms with Gasteiger partial charge < -0.3 is 15.3 Å². The van der Waals surface area contributed by atoms with Gasteiger partial charge in [0.2, 0.25) is 5.91 Å². The second-order valence-corrected chi connectivity index (χ2v) is 5.33. The van der Waals surface area contributed by atoms with Crippen molar-refractivity contribution in [2.45, 2.75) is 44.6 Å². The fraction of sp³-hybridized carbons (Fsp3) is 0.923. The first-order chi connectivity index (χ1) is 8.31. The predicted octanol–water partition coefficient (Wildman–Crippen LogP) is 0.749. The van der Waals surface area contributed by atoms with Crippen LogP contribution < -0.4 is 5.32 Å². The van der Waals surface area contributed by atoms with Crippen LogP contribution in [0, 0.1) is 5.92 Å². The Morgan fingerprint density at radius 1 is 1.24 bits per heavy atom. The number of aliphatic hydroxyl groups excluding tert-OH is 1. The van der Waals surface area contributed by atoms with Crippen LogP contribution in [0.1, 0.15) is 38.5 Å². The standard InChI is InChI=1S/C13H24N2O2/c16-10-11-5-4-8-15(9-11)13(17)12-6-2-1-3-7-14-12/h11-12,14,16H,1-10H2. The number of carbonyl (C=O) groups is 1. The first-order valence-electron chi connectivity index (χ1n) is 6.94. The van der Waals surface area contributed by atoms with Crippen molar-refractivity contribution in [1.82, 2.24) is 10.2 Å². The third-order valence-electron chi connectivity index (χ3n) is 3.95. The van der Waals surface area contributed by atoms with Crippen molar-refractivity contribution >= 4 is 5.91 Å². The summed E-state index contributed by atoms with van der Waals surface area (Å²) in [5.74, 6) is 0.545. The highest BCUT2D eigenvalue weighted by molar-refractivity contribution is 5.82. The summed E-state index contributed by atoms with van der Waals surface area (Å²) in [4.78, 5) is 14.3. The Kier molecular flexibility index (Phi) is 4.80. The minimum absolute atomic E-state index is 0.0231. The summed E-state index contributed by atoms with van der Waals surface area (Å²) in [6.45, 7) is 2.79. The topological polar surface area (TPSA) is 52.6 Å². The fourth-order valence-electron chi connectivity index (χ4n) is 2.87. The molecule has 2 N–H and O–H groups in total. The number of piperidine rings is 1. The maximum atomic E-state index is 12.3. The van der Waals surface area contributed by atoms with E-state index in [1.165, 1.54) is 12.8 Å². The third-order valence-corrected chi connectivity index (χ3v) is 3.95. The maximum absolute atomic E-state index is 12.3. The fourth-order valence-corrected chi connectivity index (χ4v) is 2.87. The number of hydrogen-bond donors (Lipinski definition) is 2. The van der Waals surface area contributed by atoms with Crippen molar-refractivity contribution in [2.75, 3.05) is 26.2 Å². The number of nitrogens with zero attached hydrogens (tertiary/aromatic N) is 1. The van der Waals surface area contributed by atoms with E-state index in [0.717, 1.165) is 45.3 Å². The van der Waals surface area contributed by atoms with E-state index < -0.39 is 0 Å². The number of amides is 1. The first-order valence-corrected chi connectivity index (χ1v) is 6.94. The molecule has 2 atom stereocenters. The predicted molar refractivity (Wildman–Crippen MR) is 66.6 cm³/mol. The zero-order valence-corrected chi connectivity index (χ0v) is 10.5. The number of aliphatic hydroxyl groups is 1. The van der Waals surface area contributed by atoms with Crippen LogP contribution >= 0.6 is 0 Å².